The van der Waals surface area contributed by atoms with Gasteiger partial charge in [-0.25, -0.2) is 4.89 Å². The fourth-order valence-corrected chi connectivity index (χ4v) is 0.124. The van der Waals surface area contributed by atoms with E-state index in [9.17, 15) is 8.78 Å². The highest BCUT2D eigenvalue weighted by Crippen LogP contribution is 2.15. The van der Waals surface area contributed by atoms with Crippen molar-refractivity contribution in [3.05, 3.63) is 6.92 Å². The van der Waals surface area contributed by atoms with Crippen LogP contribution >= 0.6 is 0 Å². The Morgan fingerprint density at radius 3 is 2.44 bits per heavy atom. The van der Waals surface area contributed by atoms with E-state index in [0.29, 0.717) is 0 Å². The summed E-state index contributed by atoms with van der Waals surface area (Å²) in [7, 11) is 0. The second kappa shape index (κ2) is 3.67. The van der Waals surface area contributed by atoms with Gasteiger partial charge in [0.1, 0.15) is 0 Å². The minimum absolute atomic E-state index is 0.334. The number of hydrogen-bond acceptors (Lipinski definition) is 3. The summed E-state index contributed by atoms with van der Waals surface area (Å²) in [6.07, 6.45) is -4.22. The van der Waals surface area contributed by atoms with E-state index in [4.69, 9.17) is 5.26 Å². The number of alkyl halides is 2. The molecule has 4 nitrogen and oxygen atoms in total. The molecule has 0 rings (SSSR count). The lowest BCUT2D eigenvalue weighted by Crippen LogP contribution is -2.22. The van der Waals surface area contributed by atoms with Crippen molar-refractivity contribution in [1.29, 1.82) is 0 Å². The van der Waals surface area contributed by atoms with Crippen molar-refractivity contribution < 1.29 is 28.7 Å². The van der Waals surface area contributed by atoms with Gasteiger partial charge in [-0.2, -0.15) is 0 Å². The Bertz CT molecular complexity index is 76.2. The molecule has 0 N–H and O–H groups in total. The monoisotopic (exact) mass is 142 g/mol. The lowest BCUT2D eigenvalue weighted by molar-refractivity contribution is -0.598. The van der Waals surface area contributed by atoms with Crippen LogP contribution in [0.4, 0.5) is 8.78 Å². The first-order valence-electron chi connectivity index (χ1n) is 1.91. The summed E-state index contributed by atoms with van der Waals surface area (Å²) >= 11 is 0. The van der Waals surface area contributed by atoms with Gasteiger partial charge < -0.3 is 0 Å². The quantitative estimate of drug-likeness (QED) is 0.329. The van der Waals surface area contributed by atoms with Gasteiger partial charge in [0.05, 0.1) is 6.61 Å². The van der Waals surface area contributed by atoms with Crippen LogP contribution in [0.15, 0.2) is 0 Å². The Kier molecular flexibility index (Phi) is 3.55. The first-order chi connectivity index (χ1) is 4.12. The summed E-state index contributed by atoms with van der Waals surface area (Å²) in [5, 5.41) is 8.98. The molecule has 0 aromatic rings. The molecule has 0 spiro atoms. The summed E-state index contributed by atoms with van der Waals surface area (Å²) < 4.78 is 22.9. The topological polar surface area (TPSA) is 47.6 Å². The zero-order valence-electron chi connectivity index (χ0n) is 4.30. The van der Waals surface area contributed by atoms with Crippen LogP contribution in [0.2, 0.25) is 0 Å². The normalized spacial score (nSPS) is 12.0. The van der Waals surface area contributed by atoms with Crippen molar-refractivity contribution in [2.45, 2.75) is 6.29 Å². The van der Waals surface area contributed by atoms with Gasteiger partial charge in [0.25, 0.3) is 0 Å². The Morgan fingerprint density at radius 2 is 2.11 bits per heavy atom. The molecule has 0 bridgehead atoms. The van der Waals surface area contributed by atoms with Crippen molar-refractivity contribution in [2.24, 2.45) is 0 Å². The number of hydrogen-bond donors (Lipinski definition) is 0. The molecule has 0 amide bonds. The predicted molar refractivity (Wildman–Crippen MR) is 19.1 cm³/mol. The van der Waals surface area contributed by atoms with E-state index in [1.165, 1.54) is 0 Å². The van der Waals surface area contributed by atoms with Crippen molar-refractivity contribution in [2.75, 3.05) is 6.61 Å². The second-order valence-corrected chi connectivity index (χ2v) is 0.952. The smallest absolute Gasteiger partial charge is 0.229 e. The lowest BCUT2D eigenvalue weighted by Gasteiger charge is -2.07. The van der Waals surface area contributed by atoms with Gasteiger partial charge in [-0.1, -0.05) is 4.89 Å². The third kappa shape index (κ3) is 4.22. The fourth-order valence-electron chi connectivity index (χ4n) is 0.124. The van der Waals surface area contributed by atoms with Crippen molar-refractivity contribution in [3.8, 4) is 0 Å². The number of halogens is 2. The molecule has 0 fully saturated rings. The van der Waals surface area contributed by atoms with Crippen LogP contribution in [-0.4, -0.2) is 12.9 Å². The van der Waals surface area contributed by atoms with Gasteiger partial charge in [-0.05, 0) is 12.2 Å². The van der Waals surface area contributed by atoms with Gasteiger partial charge >= 0.3 is 6.29 Å². The molecule has 0 heterocycles. The molecule has 0 unspecified atom stereocenters. The Hall–Kier alpha value is -0.300. The van der Waals surface area contributed by atoms with Crippen molar-refractivity contribution >= 4 is 0 Å². The summed E-state index contributed by atoms with van der Waals surface area (Å²) in [6.45, 7) is 2.65. The van der Waals surface area contributed by atoms with E-state index >= 15 is 0 Å². The zero-order chi connectivity index (χ0) is 7.33. The maximum Gasteiger partial charge on any atom is 0.541 e. The molecule has 54 valence electrons. The first-order valence-corrected chi connectivity index (χ1v) is 1.91. The molecule has 0 aromatic carbocycles. The molecule has 0 saturated heterocycles. The SMILES string of the molecule is [CH2]COOC(F)(F)O[O]. The summed E-state index contributed by atoms with van der Waals surface area (Å²) in [5.41, 5.74) is 0. The van der Waals surface area contributed by atoms with Gasteiger partial charge in [-0.3, -0.25) is 0 Å². The van der Waals surface area contributed by atoms with Crippen molar-refractivity contribution in [3.63, 3.8) is 0 Å². The largest absolute Gasteiger partial charge is 0.541 e. The Balaban J connectivity index is 3.33. The van der Waals surface area contributed by atoms with Crippen LogP contribution in [0, 0.1) is 6.92 Å². The summed E-state index contributed by atoms with van der Waals surface area (Å²) in [4.78, 5) is 8.98. The highest BCUT2D eigenvalue weighted by molar-refractivity contribution is 4.22. The summed E-state index contributed by atoms with van der Waals surface area (Å²) in [5.74, 6) is 0. The molecule has 0 saturated carbocycles. The fraction of sp³-hybridized carbons (Fsp3) is 0.667. The molecule has 0 aromatic heterocycles. The predicted octanol–water partition coefficient (Wildman–Crippen LogP) is 0.681. The third-order valence-corrected chi connectivity index (χ3v) is 0.336. The zero-order valence-corrected chi connectivity index (χ0v) is 4.30. The van der Waals surface area contributed by atoms with E-state index in [2.05, 4.69) is 21.6 Å². The average molecular weight is 142 g/mol. The van der Waals surface area contributed by atoms with Crippen LogP contribution in [0.25, 0.3) is 0 Å². The molecule has 9 heavy (non-hydrogen) atoms. The van der Waals surface area contributed by atoms with Crippen LogP contribution in [0.3, 0.4) is 0 Å². The van der Waals surface area contributed by atoms with E-state index in [1.807, 2.05) is 0 Å². The van der Waals surface area contributed by atoms with E-state index in [1.54, 1.807) is 0 Å². The first kappa shape index (κ1) is 8.70. The Morgan fingerprint density at radius 1 is 1.56 bits per heavy atom. The van der Waals surface area contributed by atoms with Crippen LogP contribution < -0.4 is 0 Å². The van der Waals surface area contributed by atoms with Crippen LogP contribution in [0.1, 0.15) is 0 Å². The van der Waals surface area contributed by atoms with E-state index in [-0.39, 0.29) is 6.61 Å². The van der Waals surface area contributed by atoms with Gasteiger partial charge in [0.2, 0.25) is 0 Å². The highest BCUT2D eigenvalue weighted by Gasteiger charge is 2.35. The molecule has 0 aliphatic carbocycles. The minimum atomic E-state index is -4.22. The molecule has 2 radical (unpaired) electrons. The standard InChI is InChI=1S/C3H4F2O4/c1-2-7-9-3(4,5)8-6/h1-2H2. The molecule has 6 heteroatoms. The van der Waals surface area contributed by atoms with Gasteiger partial charge in [0.15, 0.2) is 0 Å². The summed E-state index contributed by atoms with van der Waals surface area (Å²) in [6, 6.07) is 0. The van der Waals surface area contributed by atoms with Crippen molar-refractivity contribution in [1.82, 2.24) is 0 Å². The molecule has 0 atom stereocenters. The number of rotatable bonds is 4. The van der Waals surface area contributed by atoms with Crippen LogP contribution in [0.5, 0.6) is 0 Å². The van der Waals surface area contributed by atoms with Gasteiger partial charge in [0, 0.05) is 0 Å². The molecule has 0 aliphatic heterocycles. The highest BCUT2D eigenvalue weighted by atomic mass is 19.3. The maximum atomic E-state index is 11.4. The molecular weight excluding hydrogens is 138 g/mol. The average Bonchev–Trinajstić information content (AvgIpc) is 1.84. The molecule has 0 aliphatic rings. The maximum absolute atomic E-state index is 11.4. The third-order valence-electron chi connectivity index (χ3n) is 0.336. The van der Waals surface area contributed by atoms with E-state index < -0.39 is 6.29 Å². The Labute approximate surface area is 49.8 Å². The van der Waals surface area contributed by atoms with Gasteiger partial charge in [-0.15, -0.1) is 13.7 Å². The second-order valence-electron chi connectivity index (χ2n) is 0.952. The minimum Gasteiger partial charge on any atom is -0.229 e. The van der Waals surface area contributed by atoms with E-state index in [0.717, 1.165) is 0 Å². The lowest BCUT2D eigenvalue weighted by atomic mass is 10.9. The van der Waals surface area contributed by atoms with Crippen LogP contribution in [-0.2, 0) is 19.9 Å². The molecular formula is C3H4F2O4.